The Bertz CT molecular complexity index is 947. The van der Waals surface area contributed by atoms with Crippen molar-refractivity contribution in [1.29, 1.82) is 0 Å². The highest BCUT2D eigenvalue weighted by Crippen LogP contribution is 2.29. The lowest BCUT2D eigenvalue weighted by Gasteiger charge is -2.13. The van der Waals surface area contributed by atoms with Gasteiger partial charge < -0.3 is 15.4 Å². The zero-order chi connectivity index (χ0) is 18.7. The molecule has 0 radical (unpaired) electrons. The Hall–Kier alpha value is -3.22. The van der Waals surface area contributed by atoms with Crippen LogP contribution in [0.15, 0.2) is 42.5 Å². The Morgan fingerprint density at radius 2 is 1.69 bits per heavy atom. The number of aryl methyl sites for hydroxylation is 2. The van der Waals surface area contributed by atoms with Gasteiger partial charge in [0.1, 0.15) is 23.2 Å². The number of ether oxygens (including phenoxy) is 1. The molecule has 1 aromatic heterocycles. The molecule has 0 saturated heterocycles. The first-order valence-electron chi connectivity index (χ1n) is 7.94. The van der Waals surface area contributed by atoms with Crippen molar-refractivity contribution in [2.45, 2.75) is 13.8 Å². The summed E-state index contributed by atoms with van der Waals surface area (Å²) in [6, 6.07) is 10.8. The molecule has 2 N–H and O–H groups in total. The first-order chi connectivity index (χ1) is 12.4. The molecule has 3 aromatic rings. The maximum atomic E-state index is 13.8. The number of anilines is 4. The summed E-state index contributed by atoms with van der Waals surface area (Å²) in [4.78, 5) is 8.58. The van der Waals surface area contributed by atoms with Crippen molar-refractivity contribution in [3.63, 3.8) is 0 Å². The summed E-state index contributed by atoms with van der Waals surface area (Å²) >= 11 is 0. The third-order valence-corrected chi connectivity index (χ3v) is 3.65. The highest BCUT2D eigenvalue weighted by atomic mass is 19.1. The lowest BCUT2D eigenvalue weighted by atomic mass is 10.2. The van der Waals surface area contributed by atoms with E-state index in [2.05, 4.69) is 20.6 Å². The molecule has 5 nitrogen and oxygen atoms in total. The van der Waals surface area contributed by atoms with Crippen molar-refractivity contribution >= 4 is 23.1 Å². The van der Waals surface area contributed by atoms with E-state index in [1.807, 2.05) is 25.1 Å². The Labute approximate surface area is 150 Å². The predicted octanol–water partition coefficient (Wildman–Crippen LogP) is 4.87. The summed E-state index contributed by atoms with van der Waals surface area (Å²) in [6.07, 6.45) is 0. The molecule has 26 heavy (non-hydrogen) atoms. The van der Waals surface area contributed by atoms with Crippen LogP contribution in [-0.4, -0.2) is 17.1 Å². The fraction of sp³-hybridized carbons (Fsp3) is 0.158. The van der Waals surface area contributed by atoms with E-state index in [1.165, 1.54) is 6.07 Å². The maximum Gasteiger partial charge on any atom is 0.229 e. The highest BCUT2D eigenvalue weighted by Gasteiger charge is 2.09. The van der Waals surface area contributed by atoms with E-state index in [4.69, 9.17) is 4.74 Å². The molecule has 134 valence electrons. The number of methoxy groups -OCH3 is 1. The Morgan fingerprint density at radius 3 is 2.42 bits per heavy atom. The molecule has 0 unspecified atom stereocenters. The van der Waals surface area contributed by atoms with Crippen LogP contribution in [0.1, 0.15) is 11.3 Å². The topological polar surface area (TPSA) is 59.1 Å². The van der Waals surface area contributed by atoms with E-state index in [9.17, 15) is 8.78 Å². The first-order valence-corrected chi connectivity index (χ1v) is 7.94. The summed E-state index contributed by atoms with van der Waals surface area (Å²) < 4.78 is 32.2. The molecule has 0 atom stereocenters. The van der Waals surface area contributed by atoms with Crippen LogP contribution in [0.5, 0.6) is 5.75 Å². The lowest BCUT2D eigenvalue weighted by Crippen LogP contribution is -2.04. The third-order valence-electron chi connectivity index (χ3n) is 3.65. The number of hydrogen-bond acceptors (Lipinski definition) is 5. The molecule has 0 fully saturated rings. The molecule has 2 aromatic carbocycles. The molecule has 0 aliphatic rings. The Kier molecular flexibility index (Phi) is 4.97. The van der Waals surface area contributed by atoms with Gasteiger partial charge in [0.2, 0.25) is 5.95 Å². The number of aromatic nitrogens is 2. The summed E-state index contributed by atoms with van der Waals surface area (Å²) in [5.41, 5.74) is 2.59. The van der Waals surface area contributed by atoms with Crippen molar-refractivity contribution in [2.75, 3.05) is 17.7 Å². The second-order valence-electron chi connectivity index (χ2n) is 5.80. The zero-order valence-corrected chi connectivity index (χ0v) is 14.6. The van der Waals surface area contributed by atoms with Gasteiger partial charge in [0.15, 0.2) is 0 Å². The van der Waals surface area contributed by atoms with E-state index in [-0.39, 0.29) is 11.6 Å². The van der Waals surface area contributed by atoms with E-state index in [0.29, 0.717) is 17.3 Å². The standard InChI is InChI=1S/C19H18F2N4O/c1-11-4-7-17(26-3)16(8-11)23-18-9-12(2)22-19(25-18)24-15-6-5-13(20)10-14(15)21/h4-10H,1-3H3,(H2,22,23,24,25). The third kappa shape index (κ3) is 4.05. The zero-order valence-electron chi connectivity index (χ0n) is 14.6. The molecule has 1 heterocycles. The molecule has 7 heteroatoms. The highest BCUT2D eigenvalue weighted by molar-refractivity contribution is 5.66. The van der Waals surface area contributed by atoms with Gasteiger partial charge in [-0.1, -0.05) is 6.07 Å². The number of halogens is 2. The molecular formula is C19H18F2N4O. The van der Waals surface area contributed by atoms with Crippen molar-refractivity contribution in [3.8, 4) is 5.75 Å². The number of rotatable bonds is 5. The van der Waals surface area contributed by atoms with E-state index in [1.54, 1.807) is 20.1 Å². The lowest BCUT2D eigenvalue weighted by molar-refractivity contribution is 0.416. The van der Waals surface area contributed by atoms with Gasteiger partial charge in [0.25, 0.3) is 0 Å². The fourth-order valence-corrected chi connectivity index (χ4v) is 2.46. The second-order valence-corrected chi connectivity index (χ2v) is 5.80. The molecule has 0 amide bonds. The second kappa shape index (κ2) is 7.35. The fourth-order valence-electron chi connectivity index (χ4n) is 2.46. The van der Waals surface area contributed by atoms with Gasteiger partial charge in [-0.05, 0) is 43.7 Å². The molecule has 0 bridgehead atoms. The van der Waals surface area contributed by atoms with Crippen molar-refractivity contribution in [2.24, 2.45) is 0 Å². The minimum Gasteiger partial charge on any atom is -0.495 e. The summed E-state index contributed by atoms with van der Waals surface area (Å²) in [5, 5.41) is 5.96. The van der Waals surface area contributed by atoms with Gasteiger partial charge >= 0.3 is 0 Å². The van der Waals surface area contributed by atoms with Crippen LogP contribution in [-0.2, 0) is 0 Å². The van der Waals surface area contributed by atoms with E-state index < -0.39 is 11.6 Å². The van der Waals surface area contributed by atoms with Crippen molar-refractivity contribution < 1.29 is 13.5 Å². The van der Waals surface area contributed by atoms with Crippen molar-refractivity contribution in [3.05, 3.63) is 65.4 Å². The summed E-state index contributed by atoms with van der Waals surface area (Å²) in [6.45, 7) is 3.77. The van der Waals surface area contributed by atoms with Crippen LogP contribution in [0.2, 0.25) is 0 Å². The summed E-state index contributed by atoms with van der Waals surface area (Å²) in [5.74, 6) is 0.0269. The van der Waals surface area contributed by atoms with Crippen LogP contribution < -0.4 is 15.4 Å². The van der Waals surface area contributed by atoms with Crippen LogP contribution in [0.4, 0.5) is 31.9 Å². The van der Waals surface area contributed by atoms with Crippen LogP contribution in [0.3, 0.4) is 0 Å². The Balaban J connectivity index is 1.89. The van der Waals surface area contributed by atoms with Crippen LogP contribution in [0, 0.1) is 25.5 Å². The minimum atomic E-state index is -0.718. The average Bonchev–Trinajstić information content (AvgIpc) is 2.57. The molecule has 0 aliphatic heterocycles. The van der Waals surface area contributed by atoms with Gasteiger partial charge in [-0.15, -0.1) is 0 Å². The smallest absolute Gasteiger partial charge is 0.229 e. The number of nitrogens with one attached hydrogen (secondary N) is 2. The van der Waals surface area contributed by atoms with E-state index in [0.717, 1.165) is 23.4 Å². The van der Waals surface area contributed by atoms with Crippen LogP contribution >= 0.6 is 0 Å². The quantitative estimate of drug-likeness (QED) is 0.683. The predicted molar refractivity (Wildman–Crippen MR) is 97.4 cm³/mol. The van der Waals surface area contributed by atoms with Crippen molar-refractivity contribution in [1.82, 2.24) is 9.97 Å². The normalized spacial score (nSPS) is 10.5. The molecule has 0 saturated carbocycles. The van der Waals surface area contributed by atoms with Gasteiger partial charge in [-0.25, -0.2) is 13.8 Å². The van der Waals surface area contributed by atoms with Crippen LogP contribution in [0.25, 0.3) is 0 Å². The maximum absolute atomic E-state index is 13.8. The average molecular weight is 356 g/mol. The molecule has 0 spiro atoms. The summed E-state index contributed by atoms with van der Waals surface area (Å²) in [7, 11) is 1.59. The number of hydrogen-bond donors (Lipinski definition) is 2. The van der Waals surface area contributed by atoms with Gasteiger partial charge in [-0.3, -0.25) is 0 Å². The molecule has 3 rings (SSSR count). The van der Waals surface area contributed by atoms with Gasteiger partial charge in [-0.2, -0.15) is 4.98 Å². The monoisotopic (exact) mass is 356 g/mol. The molecular weight excluding hydrogens is 338 g/mol. The molecule has 0 aliphatic carbocycles. The largest absolute Gasteiger partial charge is 0.495 e. The van der Waals surface area contributed by atoms with E-state index >= 15 is 0 Å². The van der Waals surface area contributed by atoms with Gasteiger partial charge in [0.05, 0.1) is 18.5 Å². The number of benzene rings is 2. The Morgan fingerprint density at radius 1 is 0.885 bits per heavy atom. The van der Waals surface area contributed by atoms with Gasteiger partial charge in [0, 0.05) is 17.8 Å². The SMILES string of the molecule is COc1ccc(C)cc1Nc1cc(C)nc(Nc2ccc(F)cc2F)n1. The first kappa shape index (κ1) is 17.6. The minimum absolute atomic E-state index is 0.0936. The number of nitrogens with zero attached hydrogens (tertiary/aromatic N) is 2.